The van der Waals surface area contributed by atoms with E-state index in [1.54, 1.807) is 7.11 Å². The van der Waals surface area contributed by atoms with Crippen molar-refractivity contribution in [1.82, 2.24) is 5.32 Å². The molecule has 0 radical (unpaired) electrons. The number of benzene rings is 1. The Hall–Kier alpha value is -1.71. The van der Waals surface area contributed by atoms with Gasteiger partial charge in [-0.2, -0.15) is 0 Å². The second kappa shape index (κ2) is 11.8. The van der Waals surface area contributed by atoms with Crippen LogP contribution in [0, 0.1) is 5.92 Å². The molecule has 1 aromatic rings. The number of hydrogen-bond acceptors (Lipinski definition) is 3. The molecule has 1 N–H and O–H groups in total. The Bertz CT molecular complexity index is 488. The molecule has 1 unspecified atom stereocenters. The highest BCUT2D eigenvalue weighted by Gasteiger charge is 2.10. The molecule has 0 bridgehead atoms. The number of carbonyl (C=O) groups excluding carboxylic acids is 1. The van der Waals surface area contributed by atoms with E-state index in [-0.39, 0.29) is 5.91 Å². The molecule has 0 saturated heterocycles. The highest BCUT2D eigenvalue weighted by atomic mass is 16.5. The van der Waals surface area contributed by atoms with Crippen molar-refractivity contribution < 1.29 is 14.3 Å². The van der Waals surface area contributed by atoms with Gasteiger partial charge in [-0.25, -0.2) is 0 Å². The number of nitrogens with one attached hydrogen (secondary N) is 1. The highest BCUT2D eigenvalue weighted by Crippen LogP contribution is 2.28. The Morgan fingerprint density at radius 3 is 2.62 bits per heavy atom. The first kappa shape index (κ1) is 20.3. The predicted octanol–water partition coefficient (Wildman–Crippen LogP) is 4.36. The van der Waals surface area contributed by atoms with Crippen molar-refractivity contribution in [2.75, 3.05) is 20.3 Å². The zero-order valence-electron chi connectivity index (χ0n) is 15.7. The largest absolute Gasteiger partial charge is 0.493 e. The normalized spacial score (nSPS) is 11.8. The Morgan fingerprint density at radius 2 is 2.00 bits per heavy atom. The number of aryl methyl sites for hydroxylation is 1. The fourth-order valence-corrected chi connectivity index (χ4v) is 2.69. The zero-order valence-corrected chi connectivity index (χ0v) is 15.7. The minimum absolute atomic E-state index is 0.123. The Kier molecular flexibility index (Phi) is 9.97. The van der Waals surface area contributed by atoms with Crippen molar-refractivity contribution >= 4 is 5.91 Å². The summed E-state index contributed by atoms with van der Waals surface area (Å²) in [5.74, 6) is 2.19. The number of carbonyl (C=O) groups is 1. The third-order valence-electron chi connectivity index (χ3n) is 4.30. The molecule has 24 heavy (non-hydrogen) atoms. The molecule has 0 aromatic heterocycles. The van der Waals surface area contributed by atoms with Crippen molar-refractivity contribution in [3.05, 3.63) is 23.8 Å². The van der Waals surface area contributed by atoms with Gasteiger partial charge in [-0.1, -0.05) is 39.2 Å². The number of hydrogen-bond donors (Lipinski definition) is 1. The minimum atomic E-state index is 0.123. The number of amides is 1. The van der Waals surface area contributed by atoms with Crippen molar-refractivity contribution in [1.29, 1.82) is 0 Å². The van der Waals surface area contributed by atoms with Gasteiger partial charge < -0.3 is 14.8 Å². The number of ether oxygens (including phenoxy) is 2. The molecule has 1 rings (SSSR count). The summed E-state index contributed by atoms with van der Waals surface area (Å²) in [7, 11) is 1.63. The van der Waals surface area contributed by atoms with Gasteiger partial charge in [0.2, 0.25) is 5.91 Å². The van der Waals surface area contributed by atoms with Crippen molar-refractivity contribution in [2.24, 2.45) is 5.92 Å². The quantitative estimate of drug-likeness (QED) is 0.617. The molecule has 4 nitrogen and oxygen atoms in total. The second-order valence-electron chi connectivity index (χ2n) is 6.14. The van der Waals surface area contributed by atoms with E-state index in [9.17, 15) is 4.79 Å². The molecule has 4 heteroatoms. The number of methoxy groups -OCH3 is 1. The van der Waals surface area contributed by atoms with Gasteiger partial charge in [0, 0.05) is 13.0 Å². The maximum absolute atomic E-state index is 12.1. The molecule has 1 atom stereocenters. The van der Waals surface area contributed by atoms with E-state index < -0.39 is 0 Å². The van der Waals surface area contributed by atoms with Crippen LogP contribution in [0.15, 0.2) is 18.2 Å². The van der Waals surface area contributed by atoms with E-state index in [2.05, 4.69) is 19.2 Å². The second-order valence-corrected chi connectivity index (χ2v) is 6.14. The number of rotatable bonds is 12. The van der Waals surface area contributed by atoms with E-state index in [4.69, 9.17) is 9.47 Å². The van der Waals surface area contributed by atoms with Crippen LogP contribution in [-0.2, 0) is 11.2 Å². The van der Waals surface area contributed by atoms with E-state index in [1.807, 2.05) is 25.1 Å². The van der Waals surface area contributed by atoms with E-state index in [0.29, 0.717) is 25.4 Å². The van der Waals surface area contributed by atoms with Crippen molar-refractivity contribution in [2.45, 2.75) is 59.3 Å². The van der Waals surface area contributed by atoms with Crippen molar-refractivity contribution in [3.63, 3.8) is 0 Å². The summed E-state index contributed by atoms with van der Waals surface area (Å²) in [5.41, 5.74) is 1.09. The maximum atomic E-state index is 12.1. The molecular weight excluding hydrogens is 302 g/mol. The fraction of sp³-hybridized carbons (Fsp3) is 0.650. The van der Waals surface area contributed by atoms with Crippen LogP contribution in [-0.4, -0.2) is 26.2 Å². The summed E-state index contributed by atoms with van der Waals surface area (Å²) in [6, 6.07) is 5.86. The first-order valence-electron chi connectivity index (χ1n) is 9.20. The third-order valence-corrected chi connectivity index (χ3v) is 4.30. The van der Waals surface area contributed by atoms with Gasteiger partial charge in [0.1, 0.15) is 0 Å². The van der Waals surface area contributed by atoms with Crippen molar-refractivity contribution in [3.8, 4) is 11.5 Å². The Balaban J connectivity index is 2.43. The van der Waals surface area contributed by atoms with Gasteiger partial charge in [0.05, 0.1) is 13.7 Å². The van der Waals surface area contributed by atoms with Crippen LogP contribution >= 0.6 is 0 Å². The van der Waals surface area contributed by atoms with Gasteiger partial charge in [-0.3, -0.25) is 4.79 Å². The molecule has 0 saturated carbocycles. The van der Waals surface area contributed by atoms with Crippen LogP contribution < -0.4 is 14.8 Å². The van der Waals surface area contributed by atoms with Gasteiger partial charge in [0.15, 0.2) is 11.5 Å². The molecule has 0 aliphatic rings. The first-order valence-corrected chi connectivity index (χ1v) is 9.20. The van der Waals surface area contributed by atoms with Crippen LogP contribution in [0.2, 0.25) is 0 Å². The first-order chi connectivity index (χ1) is 11.6. The molecule has 0 fully saturated rings. The molecule has 0 heterocycles. The van der Waals surface area contributed by atoms with E-state index in [0.717, 1.165) is 30.0 Å². The maximum Gasteiger partial charge on any atom is 0.220 e. The average Bonchev–Trinajstić information content (AvgIpc) is 2.61. The summed E-state index contributed by atoms with van der Waals surface area (Å²) < 4.78 is 10.9. The number of unbranched alkanes of at least 4 members (excludes halogenated alkanes) is 1. The smallest absolute Gasteiger partial charge is 0.220 e. The lowest BCUT2D eigenvalue weighted by Gasteiger charge is -2.15. The van der Waals surface area contributed by atoms with Crippen LogP contribution in [0.1, 0.15) is 58.4 Å². The predicted molar refractivity (Wildman–Crippen MR) is 98.8 cm³/mol. The average molecular weight is 335 g/mol. The lowest BCUT2D eigenvalue weighted by Crippen LogP contribution is -2.29. The third kappa shape index (κ3) is 7.24. The van der Waals surface area contributed by atoms with E-state index in [1.165, 1.54) is 19.3 Å². The van der Waals surface area contributed by atoms with Crippen LogP contribution in [0.4, 0.5) is 0 Å². The highest BCUT2D eigenvalue weighted by molar-refractivity contribution is 5.76. The standard InChI is InChI=1S/C20H33NO3/c1-5-8-9-16(6-2)15-21-20(22)13-11-17-10-12-18(24-7-3)19(14-17)23-4/h10,12,14,16H,5-9,11,13,15H2,1-4H3,(H,21,22). The Morgan fingerprint density at radius 1 is 1.21 bits per heavy atom. The van der Waals surface area contributed by atoms with Gasteiger partial charge in [-0.05, 0) is 43.4 Å². The summed E-state index contributed by atoms with van der Waals surface area (Å²) in [4.78, 5) is 12.1. The van der Waals surface area contributed by atoms with Crippen LogP contribution in [0.25, 0.3) is 0 Å². The van der Waals surface area contributed by atoms with Gasteiger partial charge in [-0.15, -0.1) is 0 Å². The van der Waals surface area contributed by atoms with Gasteiger partial charge >= 0.3 is 0 Å². The van der Waals surface area contributed by atoms with Crippen LogP contribution in [0.5, 0.6) is 11.5 Å². The molecule has 1 aromatic carbocycles. The Labute approximate surface area is 146 Å². The minimum Gasteiger partial charge on any atom is -0.493 e. The SMILES string of the molecule is CCCCC(CC)CNC(=O)CCc1ccc(OCC)c(OC)c1. The molecule has 0 spiro atoms. The summed E-state index contributed by atoms with van der Waals surface area (Å²) in [6.45, 7) is 7.74. The molecule has 0 aliphatic heterocycles. The molecule has 136 valence electrons. The monoisotopic (exact) mass is 335 g/mol. The summed E-state index contributed by atoms with van der Waals surface area (Å²) in [5, 5.41) is 3.08. The van der Waals surface area contributed by atoms with E-state index >= 15 is 0 Å². The lowest BCUT2D eigenvalue weighted by molar-refractivity contribution is -0.121. The van der Waals surface area contributed by atoms with Crippen LogP contribution in [0.3, 0.4) is 0 Å². The fourth-order valence-electron chi connectivity index (χ4n) is 2.69. The molecule has 0 aliphatic carbocycles. The molecular formula is C20H33NO3. The summed E-state index contributed by atoms with van der Waals surface area (Å²) >= 11 is 0. The molecule has 1 amide bonds. The summed E-state index contributed by atoms with van der Waals surface area (Å²) in [6.07, 6.45) is 5.98. The zero-order chi connectivity index (χ0) is 17.8. The van der Waals surface area contributed by atoms with Gasteiger partial charge in [0.25, 0.3) is 0 Å². The topological polar surface area (TPSA) is 47.6 Å². The lowest BCUT2D eigenvalue weighted by atomic mass is 9.99.